The third kappa shape index (κ3) is 5.39. The van der Waals surface area contributed by atoms with Crippen molar-refractivity contribution in [3.8, 4) is 28.0 Å². The number of nitrogens with one attached hydrogen (secondary N) is 1. The van der Waals surface area contributed by atoms with Crippen LogP contribution in [0.25, 0.3) is 22.3 Å². The summed E-state index contributed by atoms with van der Waals surface area (Å²) in [5, 5.41) is 2.76. The van der Waals surface area contributed by atoms with Gasteiger partial charge < -0.3 is 20.7 Å². The number of nitrogens with two attached hydrogens (primary N) is 1. The van der Waals surface area contributed by atoms with E-state index in [-0.39, 0.29) is 34.5 Å². The summed E-state index contributed by atoms with van der Waals surface area (Å²) in [6.45, 7) is 2.72. The van der Waals surface area contributed by atoms with Crippen molar-refractivity contribution >= 4 is 17.6 Å². The molecule has 11 heteroatoms. The minimum Gasteiger partial charge on any atom is -0.490 e. The molecule has 7 nitrogen and oxygen atoms in total. The molecule has 2 aliphatic heterocycles. The second-order valence-corrected chi connectivity index (χ2v) is 9.67. The first-order valence-electron chi connectivity index (χ1n) is 12.5. The number of amides is 2. The second kappa shape index (κ2) is 10.2. The molecular weight excluding hydrogens is 516 g/mol. The Kier molecular flexibility index (Phi) is 6.92. The average molecular weight is 543 g/mol. The largest absolute Gasteiger partial charge is 0.490 e. The number of fused-ring (bicyclic) bond motifs is 1. The number of benzene rings is 2. The lowest BCUT2D eigenvalue weighted by molar-refractivity contribution is -0.139. The van der Waals surface area contributed by atoms with Crippen LogP contribution < -0.4 is 15.8 Å². The highest BCUT2D eigenvalue weighted by Gasteiger charge is 2.36. The summed E-state index contributed by atoms with van der Waals surface area (Å²) in [7, 11) is 0. The topological polar surface area (TPSA) is 97.5 Å². The fraction of sp³-hybridized carbons (Fsp3) is 0.321. The third-order valence-corrected chi connectivity index (χ3v) is 7.12. The van der Waals surface area contributed by atoms with E-state index in [1.54, 1.807) is 23.1 Å². The lowest BCUT2D eigenvalue weighted by Gasteiger charge is -2.32. The van der Waals surface area contributed by atoms with Gasteiger partial charge in [0.1, 0.15) is 17.7 Å². The molecule has 2 aliphatic rings. The van der Waals surface area contributed by atoms with E-state index in [1.807, 2.05) is 0 Å². The Bertz CT molecular complexity index is 1450. The van der Waals surface area contributed by atoms with Crippen molar-refractivity contribution in [1.82, 2.24) is 15.2 Å². The van der Waals surface area contributed by atoms with Crippen LogP contribution in [-0.4, -0.2) is 47.4 Å². The van der Waals surface area contributed by atoms with E-state index in [0.29, 0.717) is 55.6 Å². The van der Waals surface area contributed by atoms with Gasteiger partial charge in [0.2, 0.25) is 11.9 Å². The number of hydrogen-bond acceptors (Lipinski definition) is 5. The lowest BCUT2D eigenvalue weighted by atomic mass is 9.93. The quantitative estimate of drug-likeness (QED) is 0.364. The van der Waals surface area contributed by atoms with Crippen LogP contribution in [0.1, 0.15) is 41.3 Å². The zero-order valence-electron chi connectivity index (χ0n) is 21.1. The van der Waals surface area contributed by atoms with Crippen LogP contribution >= 0.6 is 0 Å². The van der Waals surface area contributed by atoms with E-state index in [0.717, 1.165) is 11.6 Å². The first kappa shape index (κ1) is 26.5. The number of nitrogens with zero attached hydrogens (tertiary/aromatic N) is 2. The maximum atomic E-state index is 15.0. The van der Waals surface area contributed by atoms with Gasteiger partial charge in [-0.3, -0.25) is 9.59 Å². The number of rotatable bonds is 4. The summed E-state index contributed by atoms with van der Waals surface area (Å²) in [6, 6.07) is 9.80. The Labute approximate surface area is 222 Å². The summed E-state index contributed by atoms with van der Waals surface area (Å²) in [5.74, 6) is -1.77. The molecule has 1 saturated heterocycles. The predicted octanol–water partition coefficient (Wildman–Crippen LogP) is 4.83. The van der Waals surface area contributed by atoms with E-state index in [4.69, 9.17) is 10.5 Å². The molecule has 1 fully saturated rings. The van der Waals surface area contributed by atoms with Crippen LogP contribution in [0.3, 0.4) is 0 Å². The minimum atomic E-state index is -4.76. The van der Waals surface area contributed by atoms with Crippen molar-refractivity contribution in [1.29, 1.82) is 0 Å². The molecule has 0 radical (unpaired) electrons. The zero-order valence-corrected chi connectivity index (χ0v) is 21.1. The Balaban J connectivity index is 1.48. The molecule has 3 aromatic rings. The Hall–Kier alpha value is -4.15. The van der Waals surface area contributed by atoms with Gasteiger partial charge in [-0.1, -0.05) is 18.2 Å². The molecule has 0 atom stereocenters. The number of alkyl halides is 3. The summed E-state index contributed by atoms with van der Waals surface area (Å²) in [5.41, 5.74) is 7.00. The lowest BCUT2D eigenvalue weighted by Crippen LogP contribution is -2.40. The van der Waals surface area contributed by atoms with Crippen molar-refractivity contribution in [3.05, 3.63) is 65.1 Å². The summed E-state index contributed by atoms with van der Waals surface area (Å²) in [4.78, 5) is 29.0. The average Bonchev–Trinajstić information content (AvgIpc) is 2.89. The number of ether oxygens (including phenoxy) is 1. The first-order chi connectivity index (χ1) is 18.5. The van der Waals surface area contributed by atoms with Gasteiger partial charge in [-0.05, 0) is 47.4 Å². The predicted molar refractivity (Wildman–Crippen MR) is 136 cm³/mol. The third-order valence-electron chi connectivity index (χ3n) is 7.12. The molecule has 0 aliphatic carbocycles. The minimum absolute atomic E-state index is 0.0374. The van der Waals surface area contributed by atoms with E-state index < -0.39 is 23.8 Å². The molecule has 3 heterocycles. The molecule has 3 N–H and O–H groups in total. The van der Waals surface area contributed by atoms with Gasteiger partial charge in [0.05, 0.1) is 5.56 Å². The van der Waals surface area contributed by atoms with Crippen molar-refractivity contribution in [2.75, 3.05) is 25.4 Å². The van der Waals surface area contributed by atoms with Gasteiger partial charge in [0, 0.05) is 56.1 Å². The van der Waals surface area contributed by atoms with Crippen LogP contribution in [0, 0.1) is 5.95 Å². The molecule has 0 unspecified atom stereocenters. The fourth-order valence-corrected chi connectivity index (χ4v) is 5.02. The molecule has 0 bridgehead atoms. The Morgan fingerprint density at radius 2 is 1.74 bits per heavy atom. The summed E-state index contributed by atoms with van der Waals surface area (Å²) < 4.78 is 62.9. The van der Waals surface area contributed by atoms with Crippen molar-refractivity contribution in [2.45, 2.75) is 38.5 Å². The molecule has 1 aromatic heterocycles. The van der Waals surface area contributed by atoms with Crippen LogP contribution in [0.2, 0.25) is 0 Å². The SMILES string of the molecule is CC(=O)N1CCC(Oc2ccc(-c3cc(-c4ccc5c(c4)CCNC5=O)c(N)nc3F)cc2C(F)(F)F)CC1. The van der Waals surface area contributed by atoms with Crippen LogP contribution in [0.5, 0.6) is 5.75 Å². The maximum absolute atomic E-state index is 15.0. The fourth-order valence-electron chi connectivity index (χ4n) is 5.02. The van der Waals surface area contributed by atoms with E-state index in [2.05, 4.69) is 10.3 Å². The second-order valence-electron chi connectivity index (χ2n) is 9.67. The number of halogens is 4. The highest BCUT2D eigenvalue weighted by Crippen LogP contribution is 2.41. The van der Waals surface area contributed by atoms with Gasteiger partial charge in [0.15, 0.2) is 0 Å². The van der Waals surface area contributed by atoms with Crippen molar-refractivity contribution < 1.29 is 31.9 Å². The number of nitrogen functional groups attached to an aromatic ring is 1. The zero-order chi connectivity index (χ0) is 27.9. The molecule has 5 rings (SSSR count). The number of pyridine rings is 1. The highest BCUT2D eigenvalue weighted by molar-refractivity contribution is 5.97. The molecule has 0 spiro atoms. The summed E-state index contributed by atoms with van der Waals surface area (Å²) in [6.07, 6.45) is -3.84. The van der Waals surface area contributed by atoms with Gasteiger partial charge >= 0.3 is 6.18 Å². The number of carbonyl (C=O) groups excluding carboxylic acids is 2. The van der Waals surface area contributed by atoms with Crippen LogP contribution in [0.15, 0.2) is 42.5 Å². The molecule has 2 amide bonds. The molecule has 0 saturated carbocycles. The first-order valence-corrected chi connectivity index (χ1v) is 12.5. The van der Waals surface area contributed by atoms with E-state index in [9.17, 15) is 27.2 Å². The van der Waals surface area contributed by atoms with Gasteiger partial charge in [-0.15, -0.1) is 0 Å². The number of anilines is 1. The number of aromatic nitrogens is 1. The maximum Gasteiger partial charge on any atom is 0.419 e. The van der Waals surface area contributed by atoms with Gasteiger partial charge in [0.25, 0.3) is 5.91 Å². The molecular formula is C28H26F4N4O3. The number of hydrogen-bond donors (Lipinski definition) is 2. The van der Waals surface area contributed by atoms with Crippen molar-refractivity contribution in [3.63, 3.8) is 0 Å². The number of carbonyl (C=O) groups is 2. The van der Waals surface area contributed by atoms with Crippen LogP contribution in [0.4, 0.5) is 23.4 Å². The van der Waals surface area contributed by atoms with E-state index in [1.165, 1.54) is 25.1 Å². The van der Waals surface area contributed by atoms with Gasteiger partial charge in [-0.2, -0.15) is 17.6 Å². The summed E-state index contributed by atoms with van der Waals surface area (Å²) >= 11 is 0. The molecule has 39 heavy (non-hydrogen) atoms. The Morgan fingerprint density at radius 3 is 2.44 bits per heavy atom. The van der Waals surface area contributed by atoms with Crippen molar-refractivity contribution in [2.24, 2.45) is 0 Å². The van der Waals surface area contributed by atoms with E-state index >= 15 is 0 Å². The highest BCUT2D eigenvalue weighted by atomic mass is 19.4. The van der Waals surface area contributed by atoms with Crippen LogP contribution in [-0.2, 0) is 17.4 Å². The molecule has 2 aromatic carbocycles. The smallest absolute Gasteiger partial charge is 0.419 e. The number of likely N-dealkylation sites (tertiary alicyclic amines) is 1. The normalized spacial score (nSPS) is 16.0. The monoisotopic (exact) mass is 542 g/mol. The number of piperidine rings is 1. The Morgan fingerprint density at radius 1 is 1.05 bits per heavy atom. The molecule has 204 valence electrons. The standard InChI is InChI=1S/C28H26F4N4O3/c1-15(37)36-10-7-19(8-11-36)39-24-5-3-17(13-23(24)28(30,31)32)21-14-22(26(33)35-25(21)29)16-2-4-20-18(12-16)6-9-34-27(20)38/h2-5,12-14,19H,6-11H2,1H3,(H2,33,35)(H,34,38). The van der Waals surface area contributed by atoms with Gasteiger partial charge in [-0.25, -0.2) is 4.98 Å².